The Morgan fingerprint density at radius 2 is 1.84 bits per heavy atom. The number of aromatic nitrogens is 4. The number of alkyl halides is 5. The highest BCUT2D eigenvalue weighted by Crippen LogP contribution is 2.37. The van der Waals surface area contributed by atoms with Crippen LogP contribution in [0.1, 0.15) is 5.69 Å². The number of rotatable bonds is 6. The number of urea groups is 1. The quantitative estimate of drug-likeness (QED) is 0.352. The van der Waals surface area contributed by atoms with Crippen molar-refractivity contribution in [3.8, 4) is 5.75 Å². The Labute approximate surface area is 206 Å². The molecule has 14 heteroatoms. The number of halogens is 5. The third-order valence-electron chi connectivity index (χ3n) is 5.47. The smallest absolute Gasteiger partial charge is 0.405 e. The van der Waals surface area contributed by atoms with Gasteiger partial charge in [0, 0.05) is 24.3 Å². The summed E-state index contributed by atoms with van der Waals surface area (Å²) >= 11 is 0. The number of anilines is 4. The minimum absolute atomic E-state index is 0.00440. The second-order valence-corrected chi connectivity index (χ2v) is 8.12. The zero-order valence-electron chi connectivity index (χ0n) is 19.1. The molecule has 0 saturated carbocycles. The molecule has 1 N–H and O–H groups in total. The molecule has 2 aromatic carbocycles. The number of nitrogens with one attached hydrogen (secondary N) is 1. The van der Waals surface area contributed by atoms with Crippen LogP contribution in [0.25, 0.3) is 10.9 Å². The summed E-state index contributed by atoms with van der Waals surface area (Å²) in [6.07, 6.45) is -1.55. The topological polar surface area (TPSA) is 88.4 Å². The van der Waals surface area contributed by atoms with E-state index < -0.39 is 25.4 Å². The zero-order valence-corrected chi connectivity index (χ0v) is 19.1. The SMILES string of the molecule is Cn1cc2cc(N3Cc4ncc(NCC(F)(F)F)nc4N(c4ccc(OC(F)F)cc4)C3=O)ccc2n1. The van der Waals surface area contributed by atoms with Gasteiger partial charge in [0.15, 0.2) is 5.82 Å². The third-order valence-corrected chi connectivity index (χ3v) is 5.47. The number of amides is 2. The molecule has 0 radical (unpaired) electrons. The largest absolute Gasteiger partial charge is 0.435 e. The maximum Gasteiger partial charge on any atom is 0.405 e. The molecular formula is C23H18F5N7O2. The van der Waals surface area contributed by atoms with Gasteiger partial charge in [-0.25, -0.2) is 14.7 Å². The average molecular weight is 519 g/mol. The van der Waals surface area contributed by atoms with E-state index in [2.05, 4.69) is 25.1 Å². The molecule has 2 aromatic heterocycles. The van der Waals surface area contributed by atoms with E-state index in [-0.39, 0.29) is 29.6 Å². The van der Waals surface area contributed by atoms with Crippen molar-refractivity contribution >= 4 is 39.9 Å². The highest BCUT2D eigenvalue weighted by molar-refractivity contribution is 6.10. The second kappa shape index (κ2) is 9.19. The molecule has 5 rings (SSSR count). The van der Waals surface area contributed by atoms with Gasteiger partial charge in [-0.1, -0.05) is 0 Å². The van der Waals surface area contributed by atoms with E-state index in [0.29, 0.717) is 11.4 Å². The normalized spacial score (nSPS) is 13.9. The molecule has 0 atom stereocenters. The lowest BCUT2D eigenvalue weighted by atomic mass is 10.1. The van der Waals surface area contributed by atoms with Gasteiger partial charge in [0.05, 0.1) is 23.9 Å². The number of hydrogen-bond acceptors (Lipinski definition) is 6. The molecule has 0 aliphatic carbocycles. The van der Waals surface area contributed by atoms with Crippen LogP contribution in [0.2, 0.25) is 0 Å². The van der Waals surface area contributed by atoms with E-state index in [1.807, 2.05) is 0 Å². The molecule has 192 valence electrons. The third kappa shape index (κ3) is 5.08. The highest BCUT2D eigenvalue weighted by atomic mass is 19.4. The van der Waals surface area contributed by atoms with Gasteiger partial charge >= 0.3 is 18.8 Å². The Balaban J connectivity index is 1.56. The Morgan fingerprint density at radius 1 is 1.11 bits per heavy atom. The van der Waals surface area contributed by atoms with Crippen molar-refractivity contribution in [3.63, 3.8) is 0 Å². The Morgan fingerprint density at radius 3 is 2.54 bits per heavy atom. The molecule has 1 aliphatic heterocycles. The lowest BCUT2D eigenvalue weighted by Gasteiger charge is -2.35. The number of carbonyl (C=O) groups excluding carboxylic acids is 1. The number of aryl methyl sites for hydroxylation is 1. The van der Waals surface area contributed by atoms with Crippen LogP contribution < -0.4 is 19.9 Å². The zero-order chi connectivity index (χ0) is 26.3. The van der Waals surface area contributed by atoms with Gasteiger partial charge in [-0.05, 0) is 42.5 Å². The number of fused-ring (bicyclic) bond motifs is 2. The van der Waals surface area contributed by atoms with Gasteiger partial charge < -0.3 is 10.1 Å². The molecule has 0 saturated heterocycles. The van der Waals surface area contributed by atoms with Crippen LogP contribution >= 0.6 is 0 Å². The van der Waals surface area contributed by atoms with Crippen LogP contribution in [0.4, 0.5) is 49.8 Å². The minimum atomic E-state index is -4.49. The van der Waals surface area contributed by atoms with Gasteiger partial charge in [-0.15, -0.1) is 0 Å². The first kappa shape index (κ1) is 24.2. The van der Waals surface area contributed by atoms with E-state index in [1.165, 1.54) is 29.2 Å². The van der Waals surface area contributed by atoms with Crippen LogP contribution in [0.5, 0.6) is 5.75 Å². The van der Waals surface area contributed by atoms with Crippen LogP contribution in [0.15, 0.2) is 54.9 Å². The van der Waals surface area contributed by atoms with Crippen LogP contribution in [-0.2, 0) is 13.6 Å². The lowest BCUT2D eigenvalue weighted by Crippen LogP contribution is -2.46. The second-order valence-electron chi connectivity index (χ2n) is 8.12. The molecule has 9 nitrogen and oxygen atoms in total. The van der Waals surface area contributed by atoms with E-state index in [9.17, 15) is 26.7 Å². The van der Waals surface area contributed by atoms with Crippen molar-refractivity contribution in [3.05, 3.63) is 60.6 Å². The Kier molecular flexibility index (Phi) is 6.01. The summed E-state index contributed by atoms with van der Waals surface area (Å²) in [5.74, 6) is -0.302. The summed E-state index contributed by atoms with van der Waals surface area (Å²) in [5, 5.41) is 7.26. The molecule has 0 spiro atoms. The van der Waals surface area contributed by atoms with Crippen molar-refractivity contribution in [2.24, 2.45) is 7.05 Å². The van der Waals surface area contributed by atoms with E-state index in [0.717, 1.165) is 22.0 Å². The summed E-state index contributed by atoms with van der Waals surface area (Å²) in [5.41, 5.74) is 1.79. The number of hydrogen-bond donors (Lipinski definition) is 1. The van der Waals surface area contributed by atoms with Gasteiger partial charge in [-0.2, -0.15) is 27.1 Å². The fraction of sp³-hybridized carbons (Fsp3) is 0.217. The standard InChI is InChI=1S/C23H18F5N7O2/c1-33-10-13-8-15(4-7-17(13)32-33)34-11-18-20(31-19(9-29-18)30-12-23(26,27)28)35(22(34)36)14-2-5-16(6-3-14)37-21(24)25/h2-10,21H,11-12H2,1H3,(H,30,31). The summed E-state index contributed by atoms with van der Waals surface area (Å²) in [6.45, 7) is -4.38. The first-order chi connectivity index (χ1) is 17.6. The predicted molar refractivity (Wildman–Crippen MR) is 124 cm³/mol. The molecule has 1 aliphatic rings. The molecule has 0 bridgehead atoms. The Hall–Kier alpha value is -4.49. The van der Waals surface area contributed by atoms with Gasteiger partial charge in [0.2, 0.25) is 0 Å². The van der Waals surface area contributed by atoms with Crippen molar-refractivity contribution in [1.82, 2.24) is 19.7 Å². The predicted octanol–water partition coefficient (Wildman–Crippen LogP) is 5.22. The van der Waals surface area contributed by atoms with Gasteiger partial charge in [0.25, 0.3) is 0 Å². The van der Waals surface area contributed by atoms with E-state index >= 15 is 0 Å². The highest BCUT2D eigenvalue weighted by Gasteiger charge is 2.35. The summed E-state index contributed by atoms with van der Waals surface area (Å²) < 4.78 is 69.3. The molecule has 3 heterocycles. The van der Waals surface area contributed by atoms with Crippen LogP contribution in [0.3, 0.4) is 0 Å². The lowest BCUT2D eigenvalue weighted by molar-refractivity contribution is -0.115. The number of ether oxygens (including phenoxy) is 1. The fourth-order valence-corrected chi connectivity index (χ4v) is 3.91. The number of benzene rings is 2. The first-order valence-electron chi connectivity index (χ1n) is 10.8. The van der Waals surface area contributed by atoms with Gasteiger partial charge in [0.1, 0.15) is 23.8 Å². The minimum Gasteiger partial charge on any atom is -0.435 e. The van der Waals surface area contributed by atoms with Crippen LogP contribution in [-0.4, -0.2) is 45.1 Å². The summed E-state index contributed by atoms with van der Waals surface area (Å²) in [4.78, 5) is 24.8. The summed E-state index contributed by atoms with van der Waals surface area (Å²) in [6, 6.07) is 9.89. The van der Waals surface area contributed by atoms with Gasteiger partial charge in [-0.3, -0.25) is 14.6 Å². The first-order valence-corrected chi connectivity index (χ1v) is 10.8. The maximum absolute atomic E-state index is 13.7. The number of carbonyl (C=O) groups is 1. The molecule has 0 fully saturated rings. The molecule has 37 heavy (non-hydrogen) atoms. The number of nitrogens with zero attached hydrogens (tertiary/aromatic N) is 6. The maximum atomic E-state index is 13.7. The molecule has 2 amide bonds. The van der Waals surface area contributed by atoms with Crippen molar-refractivity contribution in [1.29, 1.82) is 0 Å². The van der Waals surface area contributed by atoms with Crippen molar-refractivity contribution in [2.75, 3.05) is 21.7 Å². The molecule has 0 unspecified atom stereocenters. The van der Waals surface area contributed by atoms with Crippen molar-refractivity contribution < 1.29 is 31.5 Å². The molecule has 4 aromatic rings. The summed E-state index contributed by atoms with van der Waals surface area (Å²) in [7, 11) is 1.77. The van der Waals surface area contributed by atoms with E-state index in [1.54, 1.807) is 36.1 Å². The van der Waals surface area contributed by atoms with Crippen molar-refractivity contribution in [2.45, 2.75) is 19.3 Å². The average Bonchev–Trinajstić information content (AvgIpc) is 3.21. The van der Waals surface area contributed by atoms with Crippen LogP contribution in [0, 0.1) is 0 Å². The fourth-order valence-electron chi connectivity index (χ4n) is 3.91. The Bertz CT molecular complexity index is 1460. The molecular weight excluding hydrogens is 501 g/mol. The monoisotopic (exact) mass is 519 g/mol. The van der Waals surface area contributed by atoms with E-state index in [4.69, 9.17) is 0 Å².